The fourth-order valence-corrected chi connectivity index (χ4v) is 4.10. The number of sulfonamides is 1. The molecular formula is C20H22N4O3S. The standard InChI is InChI=1S/C20H22N4O3S/c1-27-16-7-9-17(10-8-16)28(25,26)22-12-13-24-20(15-5-6-15)14-19(23-24)18-4-2-3-11-21-18/h2-4,7-11,14-15,22H,5-6,12-13H2,1H3. The number of hydrogen-bond donors (Lipinski definition) is 1. The summed E-state index contributed by atoms with van der Waals surface area (Å²) in [6.07, 6.45) is 4.03. The second kappa shape index (κ2) is 7.73. The van der Waals surface area contributed by atoms with E-state index >= 15 is 0 Å². The zero-order chi connectivity index (χ0) is 19.6. The summed E-state index contributed by atoms with van der Waals surface area (Å²) in [7, 11) is -2.03. The Morgan fingerprint density at radius 3 is 2.57 bits per heavy atom. The lowest BCUT2D eigenvalue weighted by molar-refractivity contribution is 0.414. The van der Waals surface area contributed by atoms with Gasteiger partial charge in [-0.3, -0.25) is 9.67 Å². The highest BCUT2D eigenvalue weighted by atomic mass is 32.2. The van der Waals surface area contributed by atoms with Crippen molar-refractivity contribution in [3.05, 3.63) is 60.4 Å². The molecule has 1 saturated carbocycles. The lowest BCUT2D eigenvalue weighted by atomic mass is 10.2. The Morgan fingerprint density at radius 2 is 1.93 bits per heavy atom. The number of nitrogens with one attached hydrogen (secondary N) is 1. The van der Waals surface area contributed by atoms with Gasteiger partial charge < -0.3 is 4.74 Å². The number of ether oxygens (including phenoxy) is 1. The van der Waals surface area contributed by atoms with Crippen LogP contribution in [-0.4, -0.2) is 36.8 Å². The molecule has 1 N–H and O–H groups in total. The predicted octanol–water partition coefficient (Wildman–Crippen LogP) is 2.81. The Hall–Kier alpha value is -2.71. The molecule has 4 rings (SSSR count). The van der Waals surface area contributed by atoms with Crippen molar-refractivity contribution in [3.63, 3.8) is 0 Å². The van der Waals surface area contributed by atoms with Gasteiger partial charge in [-0.15, -0.1) is 0 Å². The predicted molar refractivity (Wildman–Crippen MR) is 106 cm³/mol. The first-order valence-electron chi connectivity index (χ1n) is 9.20. The smallest absolute Gasteiger partial charge is 0.240 e. The minimum absolute atomic E-state index is 0.213. The maximum Gasteiger partial charge on any atom is 0.240 e. The van der Waals surface area contributed by atoms with Gasteiger partial charge in [0, 0.05) is 24.4 Å². The van der Waals surface area contributed by atoms with Crippen LogP contribution >= 0.6 is 0 Å². The van der Waals surface area contributed by atoms with Crippen molar-refractivity contribution in [1.29, 1.82) is 0 Å². The highest BCUT2D eigenvalue weighted by Gasteiger charge is 2.28. The third-order valence-corrected chi connectivity index (χ3v) is 6.20. The third-order valence-electron chi connectivity index (χ3n) is 4.72. The molecule has 3 aromatic rings. The van der Waals surface area contributed by atoms with Gasteiger partial charge in [0.15, 0.2) is 0 Å². The van der Waals surface area contributed by atoms with Crippen LogP contribution in [0.3, 0.4) is 0 Å². The fraction of sp³-hybridized carbons (Fsp3) is 0.300. The molecule has 0 bridgehead atoms. The van der Waals surface area contributed by atoms with Crippen LogP contribution in [0.5, 0.6) is 5.75 Å². The maximum atomic E-state index is 12.5. The van der Waals surface area contributed by atoms with E-state index in [0.717, 1.165) is 29.9 Å². The topological polar surface area (TPSA) is 86.1 Å². The van der Waals surface area contributed by atoms with Crippen LogP contribution in [0.15, 0.2) is 59.6 Å². The second-order valence-corrected chi connectivity index (χ2v) is 8.51. The lowest BCUT2D eigenvalue weighted by Crippen LogP contribution is -2.28. The van der Waals surface area contributed by atoms with Crippen LogP contribution in [0.2, 0.25) is 0 Å². The normalized spacial score (nSPS) is 14.2. The van der Waals surface area contributed by atoms with Crippen molar-refractivity contribution in [2.45, 2.75) is 30.2 Å². The van der Waals surface area contributed by atoms with Crippen LogP contribution in [0.1, 0.15) is 24.5 Å². The summed E-state index contributed by atoms with van der Waals surface area (Å²) in [5, 5.41) is 4.66. The summed E-state index contributed by atoms with van der Waals surface area (Å²) >= 11 is 0. The van der Waals surface area contributed by atoms with Crippen molar-refractivity contribution in [3.8, 4) is 17.1 Å². The molecule has 0 saturated heterocycles. The fourth-order valence-electron chi connectivity index (χ4n) is 3.08. The largest absolute Gasteiger partial charge is 0.497 e. The number of benzene rings is 1. The number of aromatic nitrogens is 3. The van der Waals surface area contributed by atoms with Gasteiger partial charge in [-0.2, -0.15) is 5.10 Å². The SMILES string of the molecule is COc1ccc(S(=O)(=O)NCCn2nc(-c3ccccn3)cc2C2CC2)cc1. The maximum absolute atomic E-state index is 12.5. The molecule has 0 radical (unpaired) electrons. The summed E-state index contributed by atoms with van der Waals surface area (Å²) in [5.41, 5.74) is 2.78. The average molecular weight is 398 g/mol. The van der Waals surface area contributed by atoms with Gasteiger partial charge in [-0.05, 0) is 55.3 Å². The lowest BCUT2D eigenvalue weighted by Gasteiger charge is -2.09. The van der Waals surface area contributed by atoms with E-state index in [2.05, 4.69) is 20.9 Å². The van der Waals surface area contributed by atoms with Gasteiger partial charge in [0.05, 0.1) is 24.2 Å². The summed E-state index contributed by atoms with van der Waals surface area (Å²) in [4.78, 5) is 4.57. The van der Waals surface area contributed by atoms with Crippen LogP contribution in [0.4, 0.5) is 0 Å². The molecule has 7 nitrogen and oxygen atoms in total. The molecule has 0 amide bonds. The molecule has 1 fully saturated rings. The van der Waals surface area contributed by atoms with E-state index < -0.39 is 10.0 Å². The van der Waals surface area contributed by atoms with Gasteiger partial charge in [-0.25, -0.2) is 13.1 Å². The van der Waals surface area contributed by atoms with Crippen LogP contribution in [0, 0.1) is 0 Å². The molecule has 2 aromatic heterocycles. The van der Waals surface area contributed by atoms with E-state index in [4.69, 9.17) is 4.74 Å². The van der Waals surface area contributed by atoms with E-state index in [1.807, 2.05) is 22.9 Å². The summed E-state index contributed by atoms with van der Waals surface area (Å²) in [6, 6.07) is 14.1. The van der Waals surface area contributed by atoms with Gasteiger partial charge in [-0.1, -0.05) is 6.07 Å². The van der Waals surface area contributed by atoms with Crippen LogP contribution < -0.4 is 9.46 Å². The Morgan fingerprint density at radius 1 is 1.14 bits per heavy atom. The van der Waals surface area contributed by atoms with E-state index in [0.29, 0.717) is 18.2 Å². The molecular weight excluding hydrogens is 376 g/mol. The summed E-state index contributed by atoms with van der Waals surface area (Å²) < 4.78 is 34.6. The zero-order valence-corrected chi connectivity index (χ0v) is 16.4. The van der Waals surface area contributed by atoms with Crippen molar-refractivity contribution in [1.82, 2.24) is 19.5 Å². The number of hydrogen-bond acceptors (Lipinski definition) is 5. The van der Waals surface area contributed by atoms with Crippen LogP contribution in [-0.2, 0) is 16.6 Å². The Bertz CT molecular complexity index is 1040. The summed E-state index contributed by atoms with van der Waals surface area (Å²) in [6.45, 7) is 0.728. The van der Waals surface area contributed by atoms with Gasteiger partial charge in [0.25, 0.3) is 0 Å². The van der Waals surface area contributed by atoms with Crippen molar-refractivity contribution in [2.75, 3.05) is 13.7 Å². The Labute approximate surface area is 164 Å². The van der Waals surface area contributed by atoms with Gasteiger partial charge >= 0.3 is 0 Å². The minimum Gasteiger partial charge on any atom is -0.497 e. The average Bonchev–Trinajstić information content (AvgIpc) is 3.48. The van der Waals surface area contributed by atoms with Crippen molar-refractivity contribution >= 4 is 10.0 Å². The Kier molecular flexibility index (Phi) is 5.15. The number of pyridine rings is 1. The quantitative estimate of drug-likeness (QED) is 0.631. The minimum atomic E-state index is -3.58. The molecule has 0 aliphatic heterocycles. The monoisotopic (exact) mass is 398 g/mol. The molecule has 0 atom stereocenters. The first kappa shape index (κ1) is 18.6. The highest BCUT2D eigenvalue weighted by molar-refractivity contribution is 7.89. The zero-order valence-electron chi connectivity index (χ0n) is 15.6. The molecule has 0 spiro atoms. The first-order valence-corrected chi connectivity index (χ1v) is 10.7. The van der Waals surface area contributed by atoms with E-state index in [1.165, 1.54) is 12.1 Å². The van der Waals surface area contributed by atoms with Gasteiger partial charge in [0.2, 0.25) is 10.0 Å². The van der Waals surface area contributed by atoms with Crippen molar-refractivity contribution in [2.24, 2.45) is 0 Å². The molecule has 2 heterocycles. The second-order valence-electron chi connectivity index (χ2n) is 6.74. The number of rotatable bonds is 8. The van der Waals surface area contributed by atoms with Gasteiger partial charge in [0.1, 0.15) is 11.4 Å². The first-order chi connectivity index (χ1) is 13.6. The van der Waals surface area contributed by atoms with Crippen molar-refractivity contribution < 1.29 is 13.2 Å². The highest BCUT2D eigenvalue weighted by Crippen LogP contribution is 2.41. The number of nitrogens with zero attached hydrogens (tertiary/aromatic N) is 3. The summed E-state index contributed by atoms with van der Waals surface area (Å²) in [5.74, 6) is 1.12. The molecule has 8 heteroatoms. The van der Waals surface area contributed by atoms with E-state index in [-0.39, 0.29) is 11.4 Å². The Balaban J connectivity index is 1.46. The molecule has 1 aliphatic rings. The number of methoxy groups -OCH3 is 1. The molecule has 1 aliphatic carbocycles. The molecule has 28 heavy (non-hydrogen) atoms. The molecule has 146 valence electrons. The third kappa shape index (κ3) is 4.07. The molecule has 0 unspecified atom stereocenters. The van der Waals surface area contributed by atoms with E-state index in [9.17, 15) is 8.42 Å². The molecule has 1 aromatic carbocycles. The van der Waals surface area contributed by atoms with E-state index in [1.54, 1.807) is 25.4 Å². The van der Waals surface area contributed by atoms with Crippen LogP contribution in [0.25, 0.3) is 11.4 Å².